The van der Waals surface area contributed by atoms with Gasteiger partial charge in [0.15, 0.2) is 5.82 Å². The molecule has 6 rings (SSSR count). The first-order valence-corrected chi connectivity index (χ1v) is 10.9. The molecule has 0 amide bonds. The fourth-order valence-corrected chi connectivity index (χ4v) is 3.93. The molecule has 0 atom stereocenters. The minimum atomic E-state index is 0.468. The first kappa shape index (κ1) is 19.7. The number of hydrogen-bond donors (Lipinski definition) is 1. The van der Waals surface area contributed by atoms with Crippen molar-refractivity contribution in [2.24, 2.45) is 7.05 Å². The predicted molar refractivity (Wildman–Crippen MR) is 127 cm³/mol. The van der Waals surface area contributed by atoms with Crippen molar-refractivity contribution >= 4 is 51.1 Å². The van der Waals surface area contributed by atoms with Gasteiger partial charge in [-0.3, -0.25) is 0 Å². The molecule has 4 heterocycles. The van der Waals surface area contributed by atoms with E-state index in [9.17, 15) is 0 Å². The lowest BCUT2D eigenvalue weighted by atomic mass is 10.2. The molecule has 0 bridgehead atoms. The molecule has 0 saturated carbocycles. The molecule has 1 aliphatic heterocycles. The summed E-state index contributed by atoms with van der Waals surface area (Å²) in [5, 5.41) is 3.76. The van der Waals surface area contributed by atoms with Crippen LogP contribution in [0.3, 0.4) is 0 Å². The molecule has 2 aromatic carbocycles. The van der Waals surface area contributed by atoms with E-state index in [1.807, 2.05) is 41.9 Å². The number of fused-ring (bicyclic) bond motifs is 2. The van der Waals surface area contributed by atoms with Gasteiger partial charge in [-0.05, 0) is 36.8 Å². The predicted octanol–water partition coefficient (Wildman–Crippen LogP) is 4.71. The minimum Gasteiger partial charge on any atom is -0.456 e. The maximum atomic E-state index is 6.53. The molecule has 0 aliphatic carbocycles. The lowest BCUT2D eigenvalue weighted by Crippen LogP contribution is -2.38. The second kappa shape index (κ2) is 7.86. The Morgan fingerprint density at radius 3 is 2.73 bits per heavy atom. The van der Waals surface area contributed by atoms with Crippen LogP contribution in [-0.4, -0.2) is 42.6 Å². The molecular weight excluding hydrogens is 440 g/mol. The van der Waals surface area contributed by atoms with E-state index in [-0.39, 0.29) is 0 Å². The third-order valence-electron chi connectivity index (χ3n) is 5.62. The molecule has 1 fully saturated rings. The molecule has 0 unspecified atom stereocenters. The zero-order chi connectivity index (χ0) is 22.4. The summed E-state index contributed by atoms with van der Waals surface area (Å²) in [5.41, 5.74) is 3.99. The van der Waals surface area contributed by atoms with Crippen molar-refractivity contribution in [3.63, 3.8) is 0 Å². The van der Waals surface area contributed by atoms with Gasteiger partial charge in [0.25, 0.3) is 0 Å². The van der Waals surface area contributed by atoms with Crippen LogP contribution in [0, 0.1) is 0 Å². The van der Waals surface area contributed by atoms with E-state index in [1.165, 1.54) is 6.33 Å². The largest absolute Gasteiger partial charge is 0.456 e. The number of nitrogens with one attached hydrogen (secondary N) is 1. The lowest BCUT2D eigenvalue weighted by Gasteiger charge is -2.30. The SMILES string of the molecule is Cn1cnc2cc(Oc3ccc(Nc4ncnc5cnc(N6CCC6)nc45)cc3Cl)ccc21. The van der Waals surface area contributed by atoms with Gasteiger partial charge in [-0.2, -0.15) is 0 Å². The van der Waals surface area contributed by atoms with E-state index < -0.39 is 0 Å². The highest BCUT2D eigenvalue weighted by atomic mass is 35.5. The van der Waals surface area contributed by atoms with Gasteiger partial charge in [0.2, 0.25) is 5.95 Å². The number of anilines is 3. The number of rotatable bonds is 5. The van der Waals surface area contributed by atoms with Gasteiger partial charge < -0.3 is 19.5 Å². The van der Waals surface area contributed by atoms with Crippen LogP contribution in [0.5, 0.6) is 11.5 Å². The Labute approximate surface area is 194 Å². The Bertz CT molecular complexity index is 1500. The van der Waals surface area contributed by atoms with Crippen molar-refractivity contribution in [2.45, 2.75) is 6.42 Å². The monoisotopic (exact) mass is 458 g/mol. The smallest absolute Gasteiger partial charge is 0.226 e. The van der Waals surface area contributed by atoms with Gasteiger partial charge in [0.05, 0.1) is 28.6 Å². The maximum Gasteiger partial charge on any atom is 0.226 e. The summed E-state index contributed by atoms with van der Waals surface area (Å²) < 4.78 is 7.96. The molecule has 0 spiro atoms. The summed E-state index contributed by atoms with van der Waals surface area (Å²) in [6.07, 6.45) is 6.14. The fraction of sp³-hybridized carbons (Fsp3) is 0.174. The van der Waals surface area contributed by atoms with Crippen LogP contribution in [0.25, 0.3) is 22.1 Å². The summed E-state index contributed by atoms with van der Waals surface area (Å²) >= 11 is 6.53. The van der Waals surface area contributed by atoms with Crippen molar-refractivity contribution in [1.29, 1.82) is 0 Å². The Morgan fingerprint density at radius 1 is 1.00 bits per heavy atom. The topological polar surface area (TPSA) is 93.9 Å². The summed E-state index contributed by atoms with van der Waals surface area (Å²) in [5.74, 6) is 2.50. The molecule has 164 valence electrons. The average Bonchev–Trinajstić information content (AvgIpc) is 3.15. The highest BCUT2D eigenvalue weighted by Crippen LogP contribution is 2.34. The zero-order valence-corrected chi connectivity index (χ0v) is 18.5. The zero-order valence-electron chi connectivity index (χ0n) is 17.7. The highest BCUT2D eigenvalue weighted by Gasteiger charge is 2.18. The number of nitrogens with zero attached hydrogens (tertiary/aromatic N) is 7. The third kappa shape index (κ3) is 3.66. The molecule has 1 N–H and O–H groups in total. The second-order valence-corrected chi connectivity index (χ2v) is 8.25. The van der Waals surface area contributed by atoms with E-state index in [0.717, 1.165) is 36.2 Å². The van der Waals surface area contributed by atoms with Gasteiger partial charge in [-0.1, -0.05) is 11.6 Å². The number of halogens is 1. The number of ether oxygens (including phenoxy) is 1. The van der Waals surface area contributed by atoms with Crippen molar-refractivity contribution in [1.82, 2.24) is 29.5 Å². The summed E-state index contributed by atoms with van der Waals surface area (Å²) in [6.45, 7) is 1.93. The molecule has 10 heteroatoms. The Hall–Kier alpha value is -3.98. The van der Waals surface area contributed by atoms with Gasteiger partial charge in [-0.15, -0.1) is 0 Å². The van der Waals surface area contributed by atoms with Gasteiger partial charge >= 0.3 is 0 Å². The van der Waals surface area contributed by atoms with Crippen LogP contribution in [0.15, 0.2) is 55.2 Å². The normalized spacial score (nSPS) is 13.3. The van der Waals surface area contributed by atoms with Crippen LogP contribution in [-0.2, 0) is 7.05 Å². The first-order chi connectivity index (χ1) is 16.1. The Morgan fingerprint density at radius 2 is 1.91 bits per heavy atom. The molecular formula is C23H19ClN8O. The summed E-state index contributed by atoms with van der Waals surface area (Å²) in [7, 11) is 1.96. The molecule has 5 aromatic rings. The van der Waals surface area contributed by atoms with Crippen molar-refractivity contribution in [2.75, 3.05) is 23.3 Å². The molecule has 0 radical (unpaired) electrons. The minimum absolute atomic E-state index is 0.468. The van der Waals surface area contributed by atoms with E-state index in [4.69, 9.17) is 16.3 Å². The molecule has 1 saturated heterocycles. The van der Waals surface area contributed by atoms with Crippen LogP contribution >= 0.6 is 11.6 Å². The Kier molecular flexibility index (Phi) is 4.69. The Balaban J connectivity index is 1.26. The standard InChI is InChI=1S/C23H19ClN8O/c1-31-13-28-17-10-15(4-5-19(17)31)33-20-6-3-14(9-16(20)24)29-22-21-18(26-12-27-22)11-25-23(30-21)32-7-2-8-32/h3-6,9-13H,2,7-8H2,1H3,(H,26,27,29). The van der Waals surface area contributed by atoms with E-state index >= 15 is 0 Å². The molecule has 33 heavy (non-hydrogen) atoms. The van der Waals surface area contributed by atoms with E-state index in [0.29, 0.717) is 39.3 Å². The maximum absolute atomic E-state index is 6.53. The van der Waals surface area contributed by atoms with Crippen LogP contribution in [0.1, 0.15) is 6.42 Å². The number of hydrogen-bond acceptors (Lipinski definition) is 8. The number of aryl methyl sites for hydroxylation is 1. The number of benzene rings is 2. The fourth-order valence-electron chi connectivity index (χ4n) is 3.71. The van der Waals surface area contributed by atoms with Crippen molar-refractivity contribution in [3.8, 4) is 11.5 Å². The van der Waals surface area contributed by atoms with Gasteiger partial charge in [0, 0.05) is 31.9 Å². The number of imidazole rings is 1. The van der Waals surface area contributed by atoms with E-state index in [2.05, 4.69) is 35.1 Å². The first-order valence-electron chi connectivity index (χ1n) is 10.5. The van der Waals surface area contributed by atoms with Crippen LogP contribution < -0.4 is 15.0 Å². The average molecular weight is 459 g/mol. The lowest BCUT2D eigenvalue weighted by molar-refractivity contribution is 0.483. The van der Waals surface area contributed by atoms with Gasteiger partial charge in [0.1, 0.15) is 28.9 Å². The molecule has 1 aliphatic rings. The summed E-state index contributed by atoms with van der Waals surface area (Å²) in [6, 6.07) is 11.2. The molecule has 3 aromatic heterocycles. The van der Waals surface area contributed by atoms with Crippen LogP contribution in [0.4, 0.5) is 17.5 Å². The van der Waals surface area contributed by atoms with E-state index in [1.54, 1.807) is 18.6 Å². The van der Waals surface area contributed by atoms with Crippen molar-refractivity contribution in [3.05, 3.63) is 60.3 Å². The van der Waals surface area contributed by atoms with Crippen LogP contribution in [0.2, 0.25) is 5.02 Å². The highest BCUT2D eigenvalue weighted by molar-refractivity contribution is 6.32. The third-order valence-corrected chi connectivity index (χ3v) is 5.92. The molecule has 9 nitrogen and oxygen atoms in total. The summed E-state index contributed by atoms with van der Waals surface area (Å²) in [4.78, 5) is 24.3. The number of aromatic nitrogens is 6. The quantitative estimate of drug-likeness (QED) is 0.405. The van der Waals surface area contributed by atoms with Crippen molar-refractivity contribution < 1.29 is 4.74 Å². The second-order valence-electron chi connectivity index (χ2n) is 7.84. The van der Waals surface area contributed by atoms with Gasteiger partial charge in [-0.25, -0.2) is 24.9 Å².